The van der Waals surface area contributed by atoms with Crippen LogP contribution in [-0.2, 0) is 0 Å². The van der Waals surface area contributed by atoms with Crippen LogP contribution in [0.4, 0.5) is 26.3 Å². The highest BCUT2D eigenvalue weighted by molar-refractivity contribution is 5.06. The van der Waals surface area contributed by atoms with Crippen molar-refractivity contribution in [2.45, 2.75) is 77.8 Å². The highest BCUT2D eigenvalue weighted by atomic mass is 19.4. The van der Waals surface area contributed by atoms with Gasteiger partial charge in [0.1, 0.15) is 0 Å². The maximum absolute atomic E-state index is 13.1. The van der Waals surface area contributed by atoms with E-state index < -0.39 is 30.3 Å². The molecular weight excluding hydrogens is 346 g/mol. The van der Waals surface area contributed by atoms with E-state index in [4.69, 9.17) is 0 Å². The summed E-state index contributed by atoms with van der Waals surface area (Å²) in [5.74, 6) is -0.371. The van der Waals surface area contributed by atoms with Crippen LogP contribution in [0.25, 0.3) is 0 Å². The molecule has 0 spiro atoms. The number of alkyl halides is 6. The SMILES string of the molecule is CCCC(C)(C)C1C(C)C2CC(CC(O)(C(F)(F)F)C(F)(F)F)C1C2. The zero-order valence-corrected chi connectivity index (χ0v) is 15.1. The van der Waals surface area contributed by atoms with Crippen LogP contribution in [0.15, 0.2) is 0 Å². The van der Waals surface area contributed by atoms with Gasteiger partial charge in [0.05, 0.1) is 0 Å². The van der Waals surface area contributed by atoms with Crippen LogP contribution in [0.5, 0.6) is 0 Å². The lowest BCUT2D eigenvalue weighted by Crippen LogP contribution is -2.58. The molecule has 5 unspecified atom stereocenters. The van der Waals surface area contributed by atoms with E-state index in [0.29, 0.717) is 18.8 Å². The summed E-state index contributed by atoms with van der Waals surface area (Å²) in [6.45, 7) is 8.23. The smallest absolute Gasteiger partial charge is 0.374 e. The molecule has 25 heavy (non-hydrogen) atoms. The van der Waals surface area contributed by atoms with Crippen molar-refractivity contribution in [2.75, 3.05) is 0 Å². The maximum Gasteiger partial charge on any atom is 0.426 e. The lowest BCUT2D eigenvalue weighted by molar-refractivity contribution is -0.373. The third kappa shape index (κ3) is 3.42. The maximum atomic E-state index is 13.1. The highest BCUT2D eigenvalue weighted by Gasteiger charge is 2.71. The van der Waals surface area contributed by atoms with Crippen LogP contribution in [0, 0.1) is 35.0 Å². The lowest BCUT2D eigenvalue weighted by Gasteiger charge is -2.46. The average Bonchev–Trinajstić information content (AvgIpc) is 2.93. The van der Waals surface area contributed by atoms with E-state index in [9.17, 15) is 31.4 Å². The Morgan fingerprint density at radius 2 is 1.48 bits per heavy atom. The quantitative estimate of drug-likeness (QED) is 0.588. The molecule has 0 aromatic carbocycles. The third-order valence-electron chi connectivity index (χ3n) is 6.85. The molecule has 1 nitrogen and oxygen atoms in total. The monoisotopic (exact) mass is 374 g/mol. The Kier molecular flexibility index (Phi) is 5.26. The first kappa shape index (κ1) is 20.8. The van der Waals surface area contributed by atoms with Gasteiger partial charge >= 0.3 is 12.4 Å². The van der Waals surface area contributed by atoms with Crippen LogP contribution >= 0.6 is 0 Å². The van der Waals surface area contributed by atoms with Crippen LogP contribution in [0.2, 0.25) is 0 Å². The molecule has 0 aromatic rings. The molecule has 0 amide bonds. The zero-order valence-electron chi connectivity index (χ0n) is 15.1. The van der Waals surface area contributed by atoms with Gasteiger partial charge in [0.25, 0.3) is 5.60 Å². The van der Waals surface area contributed by atoms with Crippen molar-refractivity contribution in [3.05, 3.63) is 0 Å². The topological polar surface area (TPSA) is 20.2 Å². The van der Waals surface area contributed by atoms with E-state index in [1.54, 1.807) is 0 Å². The van der Waals surface area contributed by atoms with Gasteiger partial charge in [0.2, 0.25) is 0 Å². The van der Waals surface area contributed by atoms with Gasteiger partial charge in [-0.25, -0.2) is 0 Å². The molecule has 2 rings (SSSR count). The van der Waals surface area contributed by atoms with Crippen molar-refractivity contribution in [1.82, 2.24) is 0 Å². The summed E-state index contributed by atoms with van der Waals surface area (Å²) in [6, 6.07) is 0. The number of hydrogen-bond donors (Lipinski definition) is 1. The second-order valence-corrected chi connectivity index (χ2v) is 8.84. The molecule has 5 atom stereocenters. The molecule has 0 radical (unpaired) electrons. The molecule has 2 bridgehead atoms. The summed E-state index contributed by atoms with van der Waals surface area (Å²) in [5, 5.41) is 9.58. The van der Waals surface area contributed by atoms with E-state index in [1.165, 1.54) is 0 Å². The van der Waals surface area contributed by atoms with Crippen LogP contribution < -0.4 is 0 Å². The molecule has 2 saturated carbocycles. The van der Waals surface area contributed by atoms with Crippen molar-refractivity contribution in [1.29, 1.82) is 0 Å². The van der Waals surface area contributed by atoms with E-state index in [0.717, 1.165) is 12.8 Å². The van der Waals surface area contributed by atoms with Gasteiger partial charge in [-0.3, -0.25) is 0 Å². The van der Waals surface area contributed by atoms with Crippen molar-refractivity contribution < 1.29 is 31.4 Å². The Bertz CT molecular complexity index is 467. The minimum atomic E-state index is -5.72. The van der Waals surface area contributed by atoms with E-state index in [2.05, 4.69) is 20.8 Å². The third-order valence-corrected chi connectivity index (χ3v) is 6.85. The van der Waals surface area contributed by atoms with Crippen molar-refractivity contribution in [3.63, 3.8) is 0 Å². The van der Waals surface area contributed by atoms with Crippen molar-refractivity contribution in [2.24, 2.45) is 35.0 Å². The fourth-order valence-electron chi connectivity index (χ4n) is 5.86. The molecule has 0 saturated heterocycles. The molecule has 2 aliphatic rings. The first-order chi connectivity index (χ1) is 11.2. The zero-order chi connectivity index (χ0) is 19.4. The van der Waals surface area contributed by atoms with Crippen LogP contribution in [0.3, 0.4) is 0 Å². The summed E-state index contributed by atoms with van der Waals surface area (Å²) in [6.07, 6.45) is -9.87. The summed E-state index contributed by atoms with van der Waals surface area (Å²) in [7, 11) is 0. The molecule has 0 aliphatic heterocycles. The number of halogens is 6. The Hall–Kier alpha value is -0.460. The van der Waals surface area contributed by atoms with Gasteiger partial charge in [-0.05, 0) is 60.7 Å². The second kappa shape index (κ2) is 6.31. The first-order valence-electron chi connectivity index (χ1n) is 9.01. The second-order valence-electron chi connectivity index (χ2n) is 8.84. The van der Waals surface area contributed by atoms with E-state index in [-0.39, 0.29) is 23.2 Å². The minimum absolute atomic E-state index is 0.0990. The summed E-state index contributed by atoms with van der Waals surface area (Å²) in [4.78, 5) is 0. The lowest BCUT2D eigenvalue weighted by atomic mass is 9.60. The molecule has 0 aromatic heterocycles. The van der Waals surface area contributed by atoms with Crippen molar-refractivity contribution >= 4 is 0 Å². The van der Waals surface area contributed by atoms with Gasteiger partial charge < -0.3 is 5.11 Å². The highest BCUT2D eigenvalue weighted by Crippen LogP contribution is 2.63. The number of aliphatic hydroxyl groups is 1. The van der Waals surface area contributed by atoms with Gasteiger partial charge in [-0.1, -0.05) is 34.1 Å². The first-order valence-corrected chi connectivity index (χ1v) is 9.01. The molecule has 148 valence electrons. The Morgan fingerprint density at radius 3 is 1.88 bits per heavy atom. The fourth-order valence-corrected chi connectivity index (χ4v) is 5.86. The van der Waals surface area contributed by atoms with Crippen LogP contribution in [0.1, 0.15) is 59.8 Å². The molecule has 0 heterocycles. The molecule has 1 N–H and O–H groups in total. The number of rotatable bonds is 5. The fraction of sp³-hybridized carbons (Fsp3) is 1.00. The van der Waals surface area contributed by atoms with E-state index in [1.807, 2.05) is 6.92 Å². The normalized spacial score (nSPS) is 34.0. The summed E-state index contributed by atoms with van der Waals surface area (Å²) in [5.41, 5.74) is -4.74. The average molecular weight is 374 g/mol. The molecule has 2 aliphatic carbocycles. The number of hydrogen-bond acceptors (Lipinski definition) is 1. The van der Waals surface area contributed by atoms with Gasteiger partial charge in [-0.15, -0.1) is 0 Å². The van der Waals surface area contributed by atoms with Gasteiger partial charge in [-0.2, -0.15) is 26.3 Å². The molecule has 2 fully saturated rings. The Balaban J connectivity index is 2.27. The Labute approximate surface area is 145 Å². The number of fused-ring (bicyclic) bond motifs is 2. The minimum Gasteiger partial charge on any atom is -0.374 e. The van der Waals surface area contributed by atoms with Gasteiger partial charge in [0, 0.05) is 0 Å². The molecule has 7 heteroatoms. The van der Waals surface area contributed by atoms with Crippen LogP contribution in [-0.4, -0.2) is 23.1 Å². The predicted octanol–water partition coefficient (Wildman–Crippen LogP) is 5.97. The Morgan fingerprint density at radius 1 is 0.960 bits per heavy atom. The van der Waals surface area contributed by atoms with E-state index >= 15 is 0 Å². The predicted molar refractivity (Wildman–Crippen MR) is 82.7 cm³/mol. The summed E-state index contributed by atoms with van der Waals surface area (Å²) >= 11 is 0. The summed E-state index contributed by atoms with van der Waals surface area (Å²) < 4.78 is 78.3. The van der Waals surface area contributed by atoms with Crippen molar-refractivity contribution in [3.8, 4) is 0 Å². The largest absolute Gasteiger partial charge is 0.426 e. The molecular formula is C18H28F6O. The van der Waals surface area contributed by atoms with Gasteiger partial charge in [0.15, 0.2) is 0 Å². The standard InChI is InChI=1S/C18H28F6O/c1-5-6-15(3,4)14-10(2)11-7-12(13(14)8-11)9-16(25,17(19,20)21)18(22,23)24/h10-14,25H,5-9H2,1-4H3.